The zero-order valence-corrected chi connectivity index (χ0v) is 25.4. The minimum absolute atomic E-state index is 0.0369. The van der Waals surface area contributed by atoms with Gasteiger partial charge < -0.3 is 10.2 Å². The van der Waals surface area contributed by atoms with Gasteiger partial charge in [0.25, 0.3) is 10.0 Å². The summed E-state index contributed by atoms with van der Waals surface area (Å²) < 4.78 is 28.9. The molecule has 0 aromatic heterocycles. The third-order valence-electron chi connectivity index (χ3n) is 6.72. The lowest BCUT2D eigenvalue weighted by Crippen LogP contribution is -2.53. The van der Waals surface area contributed by atoms with Gasteiger partial charge in [0, 0.05) is 12.6 Å². The van der Waals surface area contributed by atoms with Crippen molar-refractivity contribution >= 4 is 50.7 Å². The molecule has 0 aliphatic rings. The third-order valence-corrected chi connectivity index (χ3v) is 9.23. The Balaban J connectivity index is 2.07. The highest BCUT2D eigenvalue weighted by atomic mass is 35.5. The Bertz CT molecular complexity index is 1430. The molecule has 0 aliphatic carbocycles. The number of carbonyl (C=O) groups is 2. The number of benzene rings is 3. The molecule has 2 amide bonds. The van der Waals surface area contributed by atoms with Crippen LogP contribution in [0.2, 0.25) is 10.0 Å². The van der Waals surface area contributed by atoms with E-state index in [1.54, 1.807) is 67.6 Å². The SMILES string of the molecule is CC[C@@H](C)NC(=O)[C@@H](CC)N(Cc1ccc(Cl)c(Cl)c1)C(=O)CN(c1ccccc1C)S(=O)(=O)c1ccccc1. The van der Waals surface area contributed by atoms with E-state index in [0.717, 1.165) is 10.7 Å². The summed E-state index contributed by atoms with van der Waals surface area (Å²) in [6.45, 7) is 6.98. The number of hydrogen-bond acceptors (Lipinski definition) is 4. The van der Waals surface area contributed by atoms with Crippen molar-refractivity contribution in [2.24, 2.45) is 0 Å². The molecular formula is C30H35Cl2N3O4S. The number of carbonyl (C=O) groups excluding carboxylic acids is 2. The maximum atomic E-state index is 14.1. The molecule has 0 heterocycles. The van der Waals surface area contributed by atoms with Gasteiger partial charge in [-0.25, -0.2) is 8.42 Å². The van der Waals surface area contributed by atoms with Crippen molar-refractivity contribution in [3.63, 3.8) is 0 Å². The molecular weight excluding hydrogens is 569 g/mol. The Kier molecular flexibility index (Phi) is 11.0. The summed E-state index contributed by atoms with van der Waals surface area (Å²) in [5, 5.41) is 3.64. The van der Waals surface area contributed by atoms with Crippen molar-refractivity contribution in [3.8, 4) is 0 Å². The fourth-order valence-corrected chi connectivity index (χ4v) is 6.09. The number of rotatable bonds is 12. The fraction of sp³-hybridized carbons (Fsp3) is 0.333. The first-order valence-electron chi connectivity index (χ1n) is 13.2. The van der Waals surface area contributed by atoms with Crippen LogP contribution in [0, 0.1) is 6.92 Å². The van der Waals surface area contributed by atoms with Crippen LogP contribution in [0.4, 0.5) is 5.69 Å². The topological polar surface area (TPSA) is 86.8 Å². The Morgan fingerprint density at radius 2 is 1.55 bits per heavy atom. The highest BCUT2D eigenvalue weighted by Gasteiger charge is 2.34. The van der Waals surface area contributed by atoms with Crippen LogP contribution < -0.4 is 9.62 Å². The van der Waals surface area contributed by atoms with Crippen LogP contribution in [0.3, 0.4) is 0 Å². The van der Waals surface area contributed by atoms with E-state index in [4.69, 9.17) is 23.2 Å². The number of sulfonamides is 1. The number of aryl methyl sites for hydroxylation is 1. The van der Waals surface area contributed by atoms with Gasteiger partial charge in [0.05, 0.1) is 20.6 Å². The van der Waals surface area contributed by atoms with Crippen LogP contribution in [0.15, 0.2) is 77.7 Å². The van der Waals surface area contributed by atoms with Crippen molar-refractivity contribution in [1.29, 1.82) is 0 Å². The first-order valence-corrected chi connectivity index (χ1v) is 15.4. The van der Waals surface area contributed by atoms with E-state index in [0.29, 0.717) is 33.3 Å². The summed E-state index contributed by atoms with van der Waals surface area (Å²) in [7, 11) is -4.12. The van der Waals surface area contributed by atoms with Crippen LogP contribution >= 0.6 is 23.2 Å². The average molecular weight is 605 g/mol. The van der Waals surface area contributed by atoms with Gasteiger partial charge in [0.2, 0.25) is 11.8 Å². The molecule has 0 radical (unpaired) electrons. The number of para-hydroxylation sites is 1. The predicted octanol–water partition coefficient (Wildman–Crippen LogP) is 6.22. The summed E-state index contributed by atoms with van der Waals surface area (Å²) in [5.41, 5.74) is 1.73. The summed E-state index contributed by atoms with van der Waals surface area (Å²) >= 11 is 12.4. The van der Waals surface area contributed by atoms with Gasteiger partial charge in [-0.3, -0.25) is 13.9 Å². The van der Waals surface area contributed by atoms with E-state index in [1.165, 1.54) is 17.0 Å². The van der Waals surface area contributed by atoms with Crippen LogP contribution in [-0.4, -0.2) is 43.8 Å². The lowest BCUT2D eigenvalue weighted by atomic mass is 10.1. The normalized spacial score (nSPS) is 12.8. The number of nitrogens with zero attached hydrogens (tertiary/aromatic N) is 2. The number of hydrogen-bond donors (Lipinski definition) is 1. The predicted molar refractivity (Wildman–Crippen MR) is 161 cm³/mol. The van der Waals surface area contributed by atoms with Crippen molar-refractivity contribution in [1.82, 2.24) is 10.2 Å². The molecule has 2 atom stereocenters. The van der Waals surface area contributed by atoms with E-state index in [9.17, 15) is 18.0 Å². The summed E-state index contributed by atoms with van der Waals surface area (Å²) in [6, 6.07) is 19.0. The standard InChI is InChI=1S/C30H35Cl2N3O4S/c1-5-22(4)33-30(37)27(6-2)34(19-23-16-17-25(31)26(32)18-23)29(36)20-35(28-15-11-10-12-21(28)3)40(38,39)24-13-8-7-9-14-24/h7-18,22,27H,5-6,19-20H2,1-4H3,(H,33,37)/t22-,27-/m1/s1. The molecule has 0 saturated carbocycles. The molecule has 3 rings (SSSR count). The molecule has 3 aromatic carbocycles. The molecule has 0 saturated heterocycles. The Morgan fingerprint density at radius 1 is 0.900 bits per heavy atom. The molecule has 40 heavy (non-hydrogen) atoms. The van der Waals surface area contributed by atoms with Crippen molar-refractivity contribution in [2.75, 3.05) is 10.8 Å². The molecule has 1 N–H and O–H groups in total. The lowest BCUT2D eigenvalue weighted by molar-refractivity contribution is -0.140. The van der Waals surface area contributed by atoms with E-state index >= 15 is 0 Å². The van der Waals surface area contributed by atoms with E-state index in [2.05, 4.69) is 5.32 Å². The molecule has 0 unspecified atom stereocenters. The van der Waals surface area contributed by atoms with Crippen LogP contribution in [0.5, 0.6) is 0 Å². The average Bonchev–Trinajstić information content (AvgIpc) is 2.94. The third kappa shape index (κ3) is 7.56. The van der Waals surface area contributed by atoms with Gasteiger partial charge in [0.15, 0.2) is 0 Å². The summed E-state index contributed by atoms with van der Waals surface area (Å²) in [5.74, 6) is -0.835. The summed E-state index contributed by atoms with van der Waals surface area (Å²) in [4.78, 5) is 28.9. The number of nitrogens with one attached hydrogen (secondary N) is 1. The largest absolute Gasteiger partial charge is 0.352 e. The molecule has 7 nitrogen and oxygen atoms in total. The van der Waals surface area contributed by atoms with E-state index in [-0.39, 0.29) is 23.4 Å². The number of amides is 2. The molecule has 0 fully saturated rings. The van der Waals surface area contributed by atoms with Gasteiger partial charge in [-0.1, -0.05) is 79.5 Å². The summed E-state index contributed by atoms with van der Waals surface area (Å²) in [6.07, 6.45) is 1.05. The maximum Gasteiger partial charge on any atom is 0.264 e. The molecule has 214 valence electrons. The lowest BCUT2D eigenvalue weighted by Gasteiger charge is -2.34. The zero-order chi connectivity index (χ0) is 29.4. The Labute approximate surface area is 247 Å². The van der Waals surface area contributed by atoms with Crippen LogP contribution in [-0.2, 0) is 26.2 Å². The highest BCUT2D eigenvalue weighted by molar-refractivity contribution is 7.92. The molecule has 10 heteroatoms. The van der Waals surface area contributed by atoms with E-state index in [1.807, 2.05) is 20.8 Å². The zero-order valence-electron chi connectivity index (χ0n) is 23.1. The minimum Gasteiger partial charge on any atom is -0.352 e. The number of halogens is 2. The number of anilines is 1. The smallest absolute Gasteiger partial charge is 0.264 e. The second-order valence-corrected chi connectivity index (χ2v) is 12.3. The monoisotopic (exact) mass is 603 g/mol. The van der Waals surface area contributed by atoms with Crippen LogP contribution in [0.25, 0.3) is 0 Å². The minimum atomic E-state index is -4.12. The van der Waals surface area contributed by atoms with Gasteiger partial charge in [-0.2, -0.15) is 0 Å². The first-order chi connectivity index (χ1) is 19.0. The maximum absolute atomic E-state index is 14.1. The molecule has 0 spiro atoms. The highest BCUT2D eigenvalue weighted by Crippen LogP contribution is 2.28. The molecule has 0 aliphatic heterocycles. The second-order valence-electron chi connectivity index (χ2n) is 9.62. The molecule has 0 bridgehead atoms. The Hall–Kier alpha value is -3.07. The van der Waals surface area contributed by atoms with Gasteiger partial charge in [-0.05, 0) is 68.1 Å². The second kappa shape index (κ2) is 14.0. The van der Waals surface area contributed by atoms with Gasteiger partial charge in [-0.15, -0.1) is 0 Å². The Morgan fingerprint density at radius 3 is 2.15 bits per heavy atom. The van der Waals surface area contributed by atoms with Crippen molar-refractivity contribution < 1.29 is 18.0 Å². The quantitative estimate of drug-likeness (QED) is 0.266. The fourth-order valence-electron chi connectivity index (χ4n) is 4.27. The van der Waals surface area contributed by atoms with Gasteiger partial charge in [0.1, 0.15) is 12.6 Å². The first kappa shape index (κ1) is 31.5. The van der Waals surface area contributed by atoms with Crippen LogP contribution in [0.1, 0.15) is 44.7 Å². The van der Waals surface area contributed by atoms with E-state index < -0.39 is 28.5 Å². The van der Waals surface area contributed by atoms with Crippen molar-refractivity contribution in [2.45, 2.75) is 64.1 Å². The van der Waals surface area contributed by atoms with Crippen molar-refractivity contribution in [3.05, 3.63) is 94.0 Å². The molecule has 3 aromatic rings. The van der Waals surface area contributed by atoms with Gasteiger partial charge >= 0.3 is 0 Å².